The summed E-state index contributed by atoms with van der Waals surface area (Å²) >= 11 is 0. The molecule has 0 aliphatic rings. The molecule has 0 atom stereocenters. The summed E-state index contributed by atoms with van der Waals surface area (Å²) in [6.45, 7) is 16.2. The maximum absolute atomic E-state index is 7.27. The van der Waals surface area contributed by atoms with E-state index in [1.807, 2.05) is 0 Å². The maximum atomic E-state index is 7.27. The average Bonchev–Trinajstić information content (AvgIpc) is 2.69. The molecule has 0 saturated carbocycles. The van der Waals surface area contributed by atoms with Gasteiger partial charge in [0.1, 0.15) is 0 Å². The van der Waals surface area contributed by atoms with Gasteiger partial charge in [-0.25, -0.2) is 0 Å². The van der Waals surface area contributed by atoms with Gasteiger partial charge >= 0.3 is 7.12 Å². The average molecular weight is 449 g/mol. The molecule has 0 spiro atoms. The Morgan fingerprint density at radius 2 is 0.933 bits per heavy atom. The summed E-state index contributed by atoms with van der Waals surface area (Å²) < 4.78 is 14.5. The first-order chi connectivity index (χ1) is 14.4. The highest BCUT2D eigenvalue weighted by Crippen LogP contribution is 2.32. The summed E-state index contributed by atoms with van der Waals surface area (Å²) in [7, 11) is -3.84. The molecule has 2 nitrogen and oxygen atoms in total. The van der Waals surface area contributed by atoms with Crippen LogP contribution in [0.4, 0.5) is 0 Å². The van der Waals surface area contributed by atoms with E-state index in [0.29, 0.717) is 0 Å². The second-order valence-electron chi connectivity index (χ2n) is 9.29. The Balaban J connectivity index is 3.41. The zero-order chi connectivity index (χ0) is 22.5. The minimum absolute atomic E-state index is 0.168. The first-order valence-corrected chi connectivity index (χ1v) is 17.9. The van der Waals surface area contributed by atoms with Crippen molar-refractivity contribution >= 4 is 29.2 Å². The van der Waals surface area contributed by atoms with Gasteiger partial charge in [0.2, 0.25) is 0 Å². The van der Waals surface area contributed by atoms with Crippen LogP contribution in [0.2, 0.25) is 36.3 Å². The van der Waals surface area contributed by atoms with Crippen LogP contribution in [0.25, 0.3) is 0 Å². The molecule has 0 heterocycles. The van der Waals surface area contributed by atoms with Crippen molar-refractivity contribution < 1.29 is 8.69 Å². The summed E-state index contributed by atoms with van der Waals surface area (Å²) in [5.74, 6) is 0. The molecule has 0 unspecified atom stereocenters. The molecular weight excluding hydrogens is 399 g/mol. The smallest absolute Gasteiger partial charge is 0.449 e. The quantitative estimate of drug-likeness (QED) is 0.224. The summed E-state index contributed by atoms with van der Waals surface area (Å²) in [6, 6.07) is 16.3. The van der Waals surface area contributed by atoms with E-state index in [2.05, 4.69) is 72.7 Å². The monoisotopic (exact) mass is 448 g/mol. The third-order valence-electron chi connectivity index (χ3n) is 6.39. The van der Waals surface area contributed by atoms with Crippen molar-refractivity contribution in [2.45, 2.75) is 123 Å². The van der Waals surface area contributed by atoms with Gasteiger partial charge in [-0.2, -0.15) is 0 Å². The lowest BCUT2D eigenvalue weighted by atomic mass is 9.77. The molecule has 0 fully saturated rings. The van der Waals surface area contributed by atoms with E-state index in [9.17, 15) is 0 Å². The van der Waals surface area contributed by atoms with Crippen molar-refractivity contribution in [3.05, 3.63) is 29.8 Å². The Hall–Kier alpha value is -0.361. The lowest BCUT2D eigenvalue weighted by molar-refractivity contribution is 0.407. The minimum atomic E-state index is -1.84. The van der Waals surface area contributed by atoms with E-state index >= 15 is 0 Å². The summed E-state index contributed by atoms with van der Waals surface area (Å²) in [5, 5.41) is 0. The molecule has 0 radical (unpaired) electrons. The molecule has 30 heavy (non-hydrogen) atoms. The molecule has 0 saturated heterocycles. The molecule has 0 aliphatic carbocycles. The SMILES string of the molecule is CCC[Si](CCC)(CCC)OB(O[Si](CCC)(CCC)CCC)c1ccccc1C. The van der Waals surface area contributed by atoms with Gasteiger partial charge in [-0.3, -0.25) is 0 Å². The fraction of sp³-hybridized carbons (Fsp3) is 0.760. The molecule has 0 bridgehead atoms. The molecule has 1 aromatic rings. The zero-order valence-corrected chi connectivity index (χ0v) is 23.2. The van der Waals surface area contributed by atoms with Crippen LogP contribution in [-0.2, 0) is 8.69 Å². The van der Waals surface area contributed by atoms with E-state index in [4.69, 9.17) is 8.69 Å². The van der Waals surface area contributed by atoms with Crippen molar-refractivity contribution in [2.75, 3.05) is 0 Å². The second-order valence-corrected chi connectivity index (χ2v) is 17.5. The number of aryl methyl sites for hydroxylation is 1. The fourth-order valence-electron chi connectivity index (χ4n) is 5.29. The van der Waals surface area contributed by atoms with Gasteiger partial charge in [0, 0.05) is 0 Å². The van der Waals surface area contributed by atoms with Gasteiger partial charge in [-0.05, 0) is 48.7 Å². The third-order valence-corrected chi connectivity index (χ3v) is 16.3. The Labute approximate surface area is 190 Å². The van der Waals surface area contributed by atoms with Crippen LogP contribution < -0.4 is 5.46 Å². The highest BCUT2D eigenvalue weighted by molar-refractivity contribution is 6.87. The molecule has 5 heteroatoms. The second kappa shape index (κ2) is 14.7. The van der Waals surface area contributed by atoms with Crippen molar-refractivity contribution in [1.82, 2.24) is 0 Å². The van der Waals surface area contributed by atoms with Gasteiger partial charge in [0.05, 0.1) is 0 Å². The molecular formula is C25H49BO2Si2. The first-order valence-electron chi connectivity index (χ1n) is 12.9. The predicted octanol–water partition coefficient (Wildman–Crippen LogP) is 8.07. The summed E-state index contributed by atoms with van der Waals surface area (Å²) in [5.41, 5.74) is 2.58. The van der Waals surface area contributed by atoms with E-state index in [-0.39, 0.29) is 7.12 Å². The van der Waals surface area contributed by atoms with E-state index in [1.165, 1.54) is 85.8 Å². The lowest BCUT2D eigenvalue weighted by Crippen LogP contribution is -2.55. The largest absolute Gasteiger partial charge is 0.472 e. The van der Waals surface area contributed by atoms with Crippen LogP contribution in [-0.4, -0.2) is 23.8 Å². The van der Waals surface area contributed by atoms with Crippen LogP contribution in [0, 0.1) is 6.92 Å². The van der Waals surface area contributed by atoms with E-state index in [1.54, 1.807) is 0 Å². The Morgan fingerprint density at radius 3 is 1.23 bits per heavy atom. The fourth-order valence-corrected chi connectivity index (χ4v) is 14.3. The molecule has 0 amide bonds. The van der Waals surface area contributed by atoms with Crippen LogP contribution in [0.15, 0.2) is 24.3 Å². The topological polar surface area (TPSA) is 18.5 Å². The first kappa shape index (κ1) is 27.7. The molecule has 172 valence electrons. The van der Waals surface area contributed by atoms with Gasteiger partial charge < -0.3 is 8.69 Å². The van der Waals surface area contributed by atoms with Gasteiger partial charge in [0.25, 0.3) is 0 Å². The molecule has 0 N–H and O–H groups in total. The van der Waals surface area contributed by atoms with Crippen LogP contribution >= 0.6 is 0 Å². The van der Waals surface area contributed by atoms with Crippen LogP contribution in [0.5, 0.6) is 0 Å². The van der Waals surface area contributed by atoms with Gasteiger partial charge in [-0.15, -0.1) is 0 Å². The van der Waals surface area contributed by atoms with E-state index in [0.717, 1.165) is 0 Å². The highest BCUT2D eigenvalue weighted by Gasteiger charge is 2.43. The lowest BCUT2D eigenvalue weighted by Gasteiger charge is -2.40. The van der Waals surface area contributed by atoms with Crippen molar-refractivity contribution in [3.8, 4) is 0 Å². The number of rotatable bonds is 17. The number of hydrogen-bond donors (Lipinski definition) is 0. The highest BCUT2D eigenvalue weighted by atomic mass is 28.4. The minimum Gasteiger partial charge on any atom is -0.449 e. The van der Waals surface area contributed by atoms with Gasteiger partial charge in [-0.1, -0.05) is 110 Å². The normalized spacial score (nSPS) is 12.4. The van der Waals surface area contributed by atoms with Gasteiger partial charge in [0.15, 0.2) is 16.6 Å². The molecule has 0 aliphatic heterocycles. The molecule has 1 rings (SSSR count). The maximum Gasteiger partial charge on any atom is 0.472 e. The standard InChI is InChI=1S/C25H49BO2Si2/c1-8-18-29(19-9-2,20-10-3)27-26(25-17-15-14-16-24(25)7)28-30(21-11-4,22-12-5)23-13-6/h14-17H,8-13,18-23H2,1-7H3. The molecule has 0 aromatic heterocycles. The van der Waals surface area contributed by atoms with E-state index < -0.39 is 16.6 Å². The van der Waals surface area contributed by atoms with Crippen LogP contribution in [0.1, 0.15) is 85.6 Å². The third kappa shape index (κ3) is 8.29. The number of benzene rings is 1. The zero-order valence-electron chi connectivity index (χ0n) is 21.2. The molecule has 1 aromatic carbocycles. The Morgan fingerprint density at radius 1 is 0.600 bits per heavy atom. The van der Waals surface area contributed by atoms with Crippen molar-refractivity contribution in [3.63, 3.8) is 0 Å². The summed E-state index contributed by atoms with van der Waals surface area (Å²) in [6.07, 6.45) is 7.30. The Bertz CT molecular complexity index is 520. The van der Waals surface area contributed by atoms with Crippen molar-refractivity contribution in [1.29, 1.82) is 0 Å². The predicted molar refractivity (Wildman–Crippen MR) is 141 cm³/mol. The Kier molecular flexibility index (Phi) is 13.5. The van der Waals surface area contributed by atoms with Crippen molar-refractivity contribution in [2.24, 2.45) is 0 Å². The summed E-state index contributed by atoms with van der Waals surface area (Å²) in [4.78, 5) is 0. The van der Waals surface area contributed by atoms with Crippen LogP contribution in [0.3, 0.4) is 0 Å². The number of hydrogen-bond acceptors (Lipinski definition) is 2.